The van der Waals surface area contributed by atoms with E-state index in [-0.39, 0.29) is 0 Å². The van der Waals surface area contributed by atoms with Crippen LogP contribution in [-0.4, -0.2) is 13.1 Å². The van der Waals surface area contributed by atoms with E-state index in [0.717, 1.165) is 19.6 Å². The first kappa shape index (κ1) is 11.5. The highest BCUT2D eigenvalue weighted by Gasteiger charge is 2.12. The Hall–Kier alpha value is -1.02. The Morgan fingerprint density at radius 2 is 2.25 bits per heavy atom. The lowest BCUT2D eigenvalue weighted by molar-refractivity contribution is 0.617. The lowest BCUT2D eigenvalue weighted by Gasteiger charge is -2.09. The summed E-state index contributed by atoms with van der Waals surface area (Å²) >= 11 is 0. The second-order valence-electron chi connectivity index (χ2n) is 4.51. The van der Waals surface area contributed by atoms with Crippen molar-refractivity contribution in [1.29, 1.82) is 0 Å². The minimum atomic E-state index is 1.000. The summed E-state index contributed by atoms with van der Waals surface area (Å²) < 4.78 is 0. The van der Waals surface area contributed by atoms with Gasteiger partial charge in [0.2, 0.25) is 0 Å². The quantitative estimate of drug-likeness (QED) is 0.717. The van der Waals surface area contributed by atoms with Crippen LogP contribution < -0.4 is 10.6 Å². The lowest BCUT2D eigenvalue weighted by atomic mass is 10.1. The van der Waals surface area contributed by atoms with Crippen molar-refractivity contribution in [2.24, 2.45) is 0 Å². The highest BCUT2D eigenvalue weighted by molar-refractivity contribution is 5.61. The van der Waals surface area contributed by atoms with Gasteiger partial charge in [0.25, 0.3) is 0 Å². The van der Waals surface area contributed by atoms with Gasteiger partial charge in [-0.3, -0.25) is 0 Å². The van der Waals surface area contributed by atoms with Gasteiger partial charge in [-0.2, -0.15) is 0 Å². The second-order valence-corrected chi connectivity index (χ2v) is 4.51. The van der Waals surface area contributed by atoms with Crippen molar-refractivity contribution < 1.29 is 0 Å². The number of unbranched alkanes of at least 4 members (excludes halogenated alkanes) is 2. The highest BCUT2D eigenvalue weighted by Crippen LogP contribution is 2.26. The fraction of sp³-hybridized carbons (Fsp3) is 0.571. The van der Waals surface area contributed by atoms with E-state index in [2.05, 4.69) is 35.8 Å². The molecule has 0 saturated carbocycles. The van der Waals surface area contributed by atoms with Crippen LogP contribution in [0.4, 0.5) is 5.69 Å². The molecule has 1 heterocycles. The van der Waals surface area contributed by atoms with Crippen LogP contribution in [0, 0.1) is 0 Å². The predicted molar refractivity (Wildman–Crippen MR) is 69.9 cm³/mol. The molecular formula is C14H22N2. The van der Waals surface area contributed by atoms with Crippen molar-refractivity contribution in [2.45, 2.75) is 39.2 Å². The molecule has 1 aliphatic rings. The Bertz CT molecular complexity index is 334. The zero-order valence-corrected chi connectivity index (χ0v) is 10.2. The lowest BCUT2D eigenvalue weighted by Crippen LogP contribution is -2.15. The summed E-state index contributed by atoms with van der Waals surface area (Å²) in [6.45, 7) is 5.48. The highest BCUT2D eigenvalue weighted by atomic mass is 14.9. The van der Waals surface area contributed by atoms with Crippen molar-refractivity contribution in [3.8, 4) is 0 Å². The summed E-state index contributed by atoms with van der Waals surface area (Å²) in [6, 6.07) is 6.63. The molecule has 1 aliphatic heterocycles. The molecule has 0 saturated heterocycles. The Kier molecular flexibility index (Phi) is 4.23. The third kappa shape index (κ3) is 2.76. The predicted octanol–water partition coefficient (Wildman–Crippen LogP) is 2.93. The molecule has 16 heavy (non-hydrogen) atoms. The maximum absolute atomic E-state index is 3.53. The molecule has 0 bridgehead atoms. The third-order valence-electron chi connectivity index (χ3n) is 3.21. The number of anilines is 1. The molecule has 0 aliphatic carbocycles. The van der Waals surface area contributed by atoms with E-state index in [4.69, 9.17) is 0 Å². The molecule has 0 amide bonds. The average Bonchev–Trinajstić information content (AvgIpc) is 2.77. The number of nitrogens with one attached hydrogen (secondary N) is 2. The van der Waals surface area contributed by atoms with Crippen LogP contribution in [-0.2, 0) is 13.0 Å². The van der Waals surface area contributed by atoms with E-state index < -0.39 is 0 Å². The van der Waals surface area contributed by atoms with E-state index in [0.29, 0.717) is 0 Å². The van der Waals surface area contributed by atoms with Crippen LogP contribution in [0.3, 0.4) is 0 Å². The third-order valence-corrected chi connectivity index (χ3v) is 3.21. The molecule has 1 aromatic rings. The summed E-state index contributed by atoms with van der Waals surface area (Å²) in [5, 5.41) is 7.01. The second kappa shape index (κ2) is 5.90. The maximum atomic E-state index is 3.53. The SMILES string of the molecule is CCCCCNCc1cccc2c1NCC2. The molecule has 88 valence electrons. The molecule has 0 fully saturated rings. The molecule has 0 unspecified atom stereocenters. The van der Waals surface area contributed by atoms with Crippen molar-refractivity contribution in [1.82, 2.24) is 5.32 Å². The molecule has 0 atom stereocenters. The number of fused-ring (bicyclic) bond motifs is 1. The number of para-hydroxylation sites is 1. The Labute approximate surface area is 98.4 Å². The van der Waals surface area contributed by atoms with Crippen LogP contribution in [0.25, 0.3) is 0 Å². The molecule has 2 rings (SSSR count). The summed E-state index contributed by atoms with van der Waals surface area (Å²) in [7, 11) is 0. The Morgan fingerprint density at radius 3 is 3.12 bits per heavy atom. The summed E-state index contributed by atoms with van der Waals surface area (Å²) in [6.07, 6.45) is 5.10. The maximum Gasteiger partial charge on any atom is 0.0419 e. The van der Waals surface area contributed by atoms with Gasteiger partial charge in [0.05, 0.1) is 0 Å². The summed E-state index contributed by atoms with van der Waals surface area (Å²) in [5.41, 5.74) is 4.28. The number of hydrogen-bond donors (Lipinski definition) is 2. The van der Waals surface area contributed by atoms with Crippen LogP contribution in [0.5, 0.6) is 0 Å². The number of hydrogen-bond acceptors (Lipinski definition) is 2. The van der Waals surface area contributed by atoms with Gasteiger partial charge >= 0.3 is 0 Å². The van der Waals surface area contributed by atoms with Gasteiger partial charge in [-0.1, -0.05) is 38.0 Å². The zero-order chi connectivity index (χ0) is 11.2. The van der Waals surface area contributed by atoms with Gasteiger partial charge in [0.15, 0.2) is 0 Å². The standard InChI is InChI=1S/C14H22N2/c1-2-3-4-9-15-11-13-7-5-6-12-8-10-16-14(12)13/h5-7,15-16H,2-4,8-11H2,1H3. The van der Waals surface area contributed by atoms with Crippen LogP contribution in [0.1, 0.15) is 37.3 Å². The van der Waals surface area contributed by atoms with Gasteiger partial charge in [-0.25, -0.2) is 0 Å². The van der Waals surface area contributed by atoms with E-state index in [1.807, 2.05) is 0 Å². The van der Waals surface area contributed by atoms with Crippen LogP contribution in [0.15, 0.2) is 18.2 Å². The molecule has 0 radical (unpaired) electrons. The summed E-state index contributed by atoms with van der Waals surface area (Å²) in [5.74, 6) is 0. The summed E-state index contributed by atoms with van der Waals surface area (Å²) in [4.78, 5) is 0. The van der Waals surface area contributed by atoms with E-state index in [9.17, 15) is 0 Å². The number of rotatable bonds is 6. The van der Waals surface area contributed by atoms with Crippen molar-refractivity contribution in [3.63, 3.8) is 0 Å². The smallest absolute Gasteiger partial charge is 0.0419 e. The average molecular weight is 218 g/mol. The van der Waals surface area contributed by atoms with Crippen molar-refractivity contribution >= 4 is 5.69 Å². The first-order valence-corrected chi connectivity index (χ1v) is 6.47. The molecule has 0 aromatic heterocycles. The first-order chi connectivity index (χ1) is 7.92. The minimum absolute atomic E-state index is 1.000. The van der Waals surface area contributed by atoms with Gasteiger partial charge in [-0.15, -0.1) is 0 Å². The normalized spacial score (nSPS) is 13.6. The van der Waals surface area contributed by atoms with Crippen molar-refractivity contribution in [3.05, 3.63) is 29.3 Å². The van der Waals surface area contributed by atoms with Gasteiger partial charge in [0, 0.05) is 18.8 Å². The Morgan fingerprint density at radius 1 is 1.31 bits per heavy atom. The van der Waals surface area contributed by atoms with Gasteiger partial charge in [-0.05, 0) is 30.5 Å². The molecule has 2 N–H and O–H groups in total. The Balaban J connectivity index is 1.83. The molecule has 2 heteroatoms. The van der Waals surface area contributed by atoms with E-state index in [1.54, 1.807) is 0 Å². The fourth-order valence-electron chi connectivity index (χ4n) is 2.28. The van der Waals surface area contributed by atoms with E-state index in [1.165, 1.54) is 42.5 Å². The van der Waals surface area contributed by atoms with Crippen molar-refractivity contribution in [2.75, 3.05) is 18.4 Å². The van der Waals surface area contributed by atoms with E-state index >= 15 is 0 Å². The number of benzene rings is 1. The fourth-order valence-corrected chi connectivity index (χ4v) is 2.28. The monoisotopic (exact) mass is 218 g/mol. The van der Waals surface area contributed by atoms with Gasteiger partial charge < -0.3 is 10.6 Å². The topological polar surface area (TPSA) is 24.1 Å². The van der Waals surface area contributed by atoms with Crippen LogP contribution >= 0.6 is 0 Å². The molecule has 0 spiro atoms. The van der Waals surface area contributed by atoms with Crippen LogP contribution in [0.2, 0.25) is 0 Å². The largest absolute Gasteiger partial charge is 0.384 e. The molecular weight excluding hydrogens is 196 g/mol. The first-order valence-electron chi connectivity index (χ1n) is 6.47. The molecule has 2 nitrogen and oxygen atoms in total. The minimum Gasteiger partial charge on any atom is -0.384 e. The molecule has 1 aromatic carbocycles. The zero-order valence-electron chi connectivity index (χ0n) is 10.2. The van der Waals surface area contributed by atoms with Gasteiger partial charge in [0.1, 0.15) is 0 Å².